The van der Waals surface area contributed by atoms with Crippen LogP contribution in [0.2, 0.25) is 10.2 Å². The minimum Gasteiger partial charge on any atom is -0.452 e. The molecule has 88 valence electrons. The lowest BCUT2D eigenvalue weighted by Crippen LogP contribution is -2.13. The van der Waals surface area contributed by atoms with Gasteiger partial charge in [-0.2, -0.15) is 0 Å². The van der Waals surface area contributed by atoms with Crippen LogP contribution in [0.25, 0.3) is 0 Å². The van der Waals surface area contributed by atoms with Gasteiger partial charge < -0.3 is 9.73 Å². The number of rotatable bonds is 2. The fourth-order valence-corrected chi connectivity index (χ4v) is 1.66. The highest BCUT2D eigenvalue weighted by molar-refractivity contribution is 6.35. The van der Waals surface area contributed by atoms with Gasteiger partial charge in [-0.15, -0.1) is 0 Å². The minimum absolute atomic E-state index is 0.0602. The van der Waals surface area contributed by atoms with E-state index in [1.807, 2.05) is 0 Å². The molecule has 0 atom stereocenters. The lowest BCUT2D eigenvalue weighted by Gasteiger charge is -2.06. The number of hydrogen-bond acceptors (Lipinski definition) is 2. The van der Waals surface area contributed by atoms with Crippen molar-refractivity contribution in [1.82, 2.24) is 0 Å². The summed E-state index contributed by atoms with van der Waals surface area (Å²) in [5, 5.41) is 2.38. The van der Waals surface area contributed by atoms with Crippen molar-refractivity contribution in [1.29, 1.82) is 0 Å². The molecule has 1 aromatic heterocycles. The second-order valence-electron chi connectivity index (χ2n) is 3.16. The molecule has 1 N–H and O–H groups in total. The summed E-state index contributed by atoms with van der Waals surface area (Å²) in [7, 11) is 0. The van der Waals surface area contributed by atoms with Crippen LogP contribution in [0.4, 0.5) is 10.1 Å². The lowest BCUT2D eigenvalue weighted by atomic mass is 10.2. The number of furan rings is 1. The third kappa shape index (κ3) is 2.43. The largest absolute Gasteiger partial charge is 0.452 e. The number of nitrogens with one attached hydrogen (secondary N) is 1. The van der Waals surface area contributed by atoms with Crippen LogP contribution >= 0.6 is 23.2 Å². The van der Waals surface area contributed by atoms with E-state index in [1.165, 1.54) is 30.5 Å². The van der Waals surface area contributed by atoms with Crippen LogP contribution < -0.4 is 5.32 Å². The normalized spacial score (nSPS) is 10.3. The van der Waals surface area contributed by atoms with Crippen LogP contribution in [0.3, 0.4) is 0 Å². The average molecular weight is 274 g/mol. The van der Waals surface area contributed by atoms with E-state index in [0.29, 0.717) is 0 Å². The summed E-state index contributed by atoms with van der Waals surface area (Å²) in [6, 6.07) is 5.49. The monoisotopic (exact) mass is 273 g/mol. The summed E-state index contributed by atoms with van der Waals surface area (Å²) in [5.41, 5.74) is 0.0300. The van der Waals surface area contributed by atoms with Crippen molar-refractivity contribution < 1.29 is 13.6 Å². The quantitative estimate of drug-likeness (QED) is 0.900. The molecule has 0 radical (unpaired) electrons. The van der Waals surface area contributed by atoms with Gasteiger partial charge in [0.15, 0.2) is 0 Å². The fraction of sp³-hybridized carbons (Fsp3) is 0. The number of carbonyl (C=O) groups excluding carboxylic acids is 1. The highest BCUT2D eigenvalue weighted by Crippen LogP contribution is 2.26. The van der Waals surface area contributed by atoms with Gasteiger partial charge in [0, 0.05) is 0 Å². The Morgan fingerprint density at radius 1 is 1.29 bits per heavy atom. The first kappa shape index (κ1) is 12.0. The van der Waals surface area contributed by atoms with Gasteiger partial charge >= 0.3 is 0 Å². The van der Waals surface area contributed by atoms with Gasteiger partial charge in [0.2, 0.25) is 5.22 Å². The standard InChI is InChI=1S/C11H6Cl2FNO2/c12-7-2-1-3-8(14)9(7)15-11(16)6-4-5-17-10(6)13/h1-5H,(H,15,16). The molecule has 2 rings (SSSR count). The second kappa shape index (κ2) is 4.77. The molecule has 0 aliphatic carbocycles. The maximum atomic E-state index is 13.4. The van der Waals surface area contributed by atoms with Crippen molar-refractivity contribution in [3.05, 3.63) is 52.2 Å². The lowest BCUT2D eigenvalue weighted by molar-refractivity contribution is 0.102. The smallest absolute Gasteiger partial charge is 0.260 e. The van der Waals surface area contributed by atoms with Gasteiger partial charge in [-0.25, -0.2) is 4.39 Å². The van der Waals surface area contributed by atoms with E-state index in [0.717, 1.165) is 0 Å². The van der Waals surface area contributed by atoms with Gasteiger partial charge in [-0.05, 0) is 29.8 Å². The number of carbonyl (C=O) groups is 1. The Morgan fingerprint density at radius 2 is 2.06 bits per heavy atom. The zero-order valence-electron chi connectivity index (χ0n) is 8.34. The van der Waals surface area contributed by atoms with Crippen LogP contribution in [0.15, 0.2) is 34.9 Å². The van der Waals surface area contributed by atoms with E-state index in [4.69, 9.17) is 27.6 Å². The third-order valence-electron chi connectivity index (χ3n) is 2.06. The molecular formula is C11H6Cl2FNO2. The van der Waals surface area contributed by atoms with Crippen molar-refractivity contribution in [2.24, 2.45) is 0 Å². The molecular weight excluding hydrogens is 268 g/mol. The average Bonchev–Trinajstić information content (AvgIpc) is 2.70. The Bertz CT molecular complexity index is 548. The number of amides is 1. The van der Waals surface area contributed by atoms with Crippen molar-refractivity contribution in [3.63, 3.8) is 0 Å². The van der Waals surface area contributed by atoms with Crippen LogP contribution in [-0.2, 0) is 0 Å². The first-order valence-electron chi connectivity index (χ1n) is 4.58. The Balaban J connectivity index is 2.28. The zero-order valence-corrected chi connectivity index (χ0v) is 9.85. The first-order valence-corrected chi connectivity index (χ1v) is 5.33. The summed E-state index contributed by atoms with van der Waals surface area (Å²) in [4.78, 5) is 11.7. The molecule has 0 fully saturated rings. The molecule has 0 saturated carbocycles. The summed E-state index contributed by atoms with van der Waals surface area (Å²) in [5.74, 6) is -1.21. The molecule has 1 aromatic carbocycles. The molecule has 17 heavy (non-hydrogen) atoms. The number of hydrogen-bond donors (Lipinski definition) is 1. The molecule has 1 heterocycles. The fourth-order valence-electron chi connectivity index (χ4n) is 1.25. The maximum Gasteiger partial charge on any atom is 0.260 e. The molecule has 0 aliphatic rings. The van der Waals surface area contributed by atoms with Crippen LogP contribution in [0.5, 0.6) is 0 Å². The van der Waals surface area contributed by atoms with Crippen LogP contribution in [0.1, 0.15) is 10.4 Å². The molecule has 0 aliphatic heterocycles. The predicted molar refractivity (Wildman–Crippen MR) is 63.1 cm³/mol. The molecule has 0 spiro atoms. The molecule has 0 unspecified atom stereocenters. The second-order valence-corrected chi connectivity index (χ2v) is 3.91. The van der Waals surface area contributed by atoms with Crippen LogP contribution in [-0.4, -0.2) is 5.91 Å². The van der Waals surface area contributed by atoms with Gasteiger partial charge in [0.25, 0.3) is 5.91 Å². The number of benzene rings is 1. The summed E-state index contributed by atoms with van der Waals surface area (Å²) in [6.45, 7) is 0. The van der Waals surface area contributed by atoms with Crippen molar-refractivity contribution in [3.8, 4) is 0 Å². The molecule has 0 bridgehead atoms. The van der Waals surface area contributed by atoms with E-state index in [1.54, 1.807) is 0 Å². The summed E-state index contributed by atoms with van der Waals surface area (Å²) < 4.78 is 18.2. The summed E-state index contributed by atoms with van der Waals surface area (Å²) >= 11 is 11.4. The minimum atomic E-state index is -0.620. The Kier molecular flexibility index (Phi) is 3.36. The predicted octanol–water partition coefficient (Wildman–Crippen LogP) is 3.98. The van der Waals surface area contributed by atoms with E-state index >= 15 is 0 Å². The highest BCUT2D eigenvalue weighted by Gasteiger charge is 2.16. The molecule has 1 amide bonds. The SMILES string of the molecule is O=C(Nc1c(F)cccc1Cl)c1ccoc1Cl. The van der Waals surface area contributed by atoms with E-state index in [-0.39, 0.29) is 21.5 Å². The number of halogens is 3. The third-order valence-corrected chi connectivity index (χ3v) is 2.67. The Morgan fingerprint density at radius 3 is 2.65 bits per heavy atom. The van der Waals surface area contributed by atoms with E-state index < -0.39 is 11.7 Å². The molecule has 3 nitrogen and oxygen atoms in total. The molecule has 2 aromatic rings. The number of anilines is 1. The molecule has 0 saturated heterocycles. The molecule has 6 heteroatoms. The van der Waals surface area contributed by atoms with E-state index in [9.17, 15) is 9.18 Å². The van der Waals surface area contributed by atoms with Gasteiger partial charge in [0.05, 0.1) is 22.5 Å². The first-order chi connectivity index (χ1) is 8.09. The zero-order chi connectivity index (χ0) is 12.4. The van der Waals surface area contributed by atoms with Gasteiger partial charge in [0.1, 0.15) is 5.82 Å². The van der Waals surface area contributed by atoms with Gasteiger partial charge in [-0.3, -0.25) is 4.79 Å². The van der Waals surface area contributed by atoms with E-state index in [2.05, 4.69) is 5.32 Å². The van der Waals surface area contributed by atoms with Crippen molar-refractivity contribution in [2.45, 2.75) is 0 Å². The topological polar surface area (TPSA) is 42.2 Å². The van der Waals surface area contributed by atoms with Crippen molar-refractivity contribution in [2.75, 3.05) is 5.32 Å². The van der Waals surface area contributed by atoms with Crippen molar-refractivity contribution >= 4 is 34.8 Å². The van der Waals surface area contributed by atoms with Gasteiger partial charge in [-0.1, -0.05) is 17.7 Å². The Hall–Kier alpha value is -1.52. The maximum absolute atomic E-state index is 13.4. The summed E-state index contributed by atoms with van der Waals surface area (Å²) in [6.07, 6.45) is 1.26. The van der Waals surface area contributed by atoms with Crippen LogP contribution in [0, 0.1) is 5.82 Å². The number of para-hydroxylation sites is 1. The highest BCUT2D eigenvalue weighted by atomic mass is 35.5. The Labute approximate surface area is 106 Å².